The molecular weight excluding hydrogens is 482 g/mol. The molecule has 2 unspecified atom stereocenters. The average molecular weight is 516 g/mol. The van der Waals surface area contributed by atoms with Crippen LogP contribution in [0.25, 0.3) is 0 Å². The number of carbonyl (C=O) groups excluding carboxylic acids is 1. The number of aromatic nitrogens is 1. The van der Waals surface area contributed by atoms with Gasteiger partial charge in [-0.1, -0.05) is 48.5 Å². The molecule has 2 saturated heterocycles. The lowest BCUT2D eigenvalue weighted by atomic mass is 9.98. The Bertz CT molecular complexity index is 1270. The van der Waals surface area contributed by atoms with E-state index in [2.05, 4.69) is 22.0 Å². The van der Waals surface area contributed by atoms with Gasteiger partial charge in [-0.3, -0.25) is 14.6 Å². The monoisotopic (exact) mass is 515 g/mol. The molecule has 2 atom stereocenters. The van der Waals surface area contributed by atoms with Gasteiger partial charge in [0.15, 0.2) is 0 Å². The number of carboxylic acid groups (broad SMARTS) is 1. The molecule has 1 amide bonds. The zero-order valence-corrected chi connectivity index (χ0v) is 21.7. The summed E-state index contributed by atoms with van der Waals surface area (Å²) < 4.78 is 11.3. The second-order valence-corrected chi connectivity index (χ2v) is 10.0. The van der Waals surface area contributed by atoms with Crippen molar-refractivity contribution in [1.29, 1.82) is 0 Å². The lowest BCUT2D eigenvalue weighted by Gasteiger charge is -2.38. The molecule has 1 aromatic heterocycles. The molecule has 2 fully saturated rings. The summed E-state index contributed by atoms with van der Waals surface area (Å²) in [6, 6.07) is 21.3. The quantitative estimate of drug-likeness (QED) is 0.422. The highest BCUT2D eigenvalue weighted by atomic mass is 16.6. The van der Waals surface area contributed by atoms with Crippen LogP contribution in [0.3, 0.4) is 0 Å². The smallest absolute Gasteiger partial charge is 0.410 e. The molecule has 198 valence electrons. The Morgan fingerprint density at radius 3 is 2.45 bits per heavy atom. The highest BCUT2D eigenvalue weighted by molar-refractivity contribution is 5.75. The number of hydrogen-bond acceptors (Lipinski definition) is 6. The molecular formula is C30H33N3O5. The summed E-state index contributed by atoms with van der Waals surface area (Å²) >= 11 is 0. The molecule has 8 heteroatoms. The van der Waals surface area contributed by atoms with Crippen molar-refractivity contribution in [2.75, 3.05) is 19.7 Å². The number of nitrogens with zero attached hydrogens (tertiary/aromatic N) is 3. The van der Waals surface area contributed by atoms with Crippen LogP contribution in [0.1, 0.15) is 54.1 Å². The van der Waals surface area contributed by atoms with Crippen molar-refractivity contribution in [2.24, 2.45) is 0 Å². The van der Waals surface area contributed by atoms with Gasteiger partial charge in [-0.15, -0.1) is 0 Å². The number of aryl methyl sites for hydroxylation is 1. The minimum Gasteiger partial charge on any atom is -0.481 e. The summed E-state index contributed by atoms with van der Waals surface area (Å²) in [4.78, 5) is 32.7. The Kier molecular flexibility index (Phi) is 7.60. The molecule has 8 nitrogen and oxygen atoms in total. The predicted octanol–water partition coefficient (Wildman–Crippen LogP) is 5.53. The number of benzene rings is 2. The van der Waals surface area contributed by atoms with Crippen molar-refractivity contribution in [3.63, 3.8) is 0 Å². The van der Waals surface area contributed by atoms with Crippen LogP contribution >= 0.6 is 0 Å². The van der Waals surface area contributed by atoms with Gasteiger partial charge in [-0.05, 0) is 55.5 Å². The molecule has 0 saturated carbocycles. The second-order valence-electron chi connectivity index (χ2n) is 10.0. The van der Waals surface area contributed by atoms with Gasteiger partial charge in [0, 0.05) is 37.4 Å². The highest BCUT2D eigenvalue weighted by Gasteiger charge is 2.40. The third-order valence-electron chi connectivity index (χ3n) is 7.58. The maximum absolute atomic E-state index is 12.6. The van der Waals surface area contributed by atoms with Crippen molar-refractivity contribution in [3.8, 4) is 11.6 Å². The molecule has 5 rings (SSSR count). The first-order chi connectivity index (χ1) is 18.4. The van der Waals surface area contributed by atoms with E-state index in [1.165, 1.54) is 0 Å². The molecule has 0 radical (unpaired) electrons. The van der Waals surface area contributed by atoms with Gasteiger partial charge >= 0.3 is 12.1 Å². The Balaban J connectivity index is 1.16. The van der Waals surface area contributed by atoms with Gasteiger partial charge in [0.2, 0.25) is 5.88 Å². The van der Waals surface area contributed by atoms with Crippen molar-refractivity contribution in [3.05, 3.63) is 89.1 Å². The van der Waals surface area contributed by atoms with Crippen LogP contribution in [0.4, 0.5) is 4.79 Å². The normalized spacial score (nSPS) is 19.3. The summed E-state index contributed by atoms with van der Waals surface area (Å²) in [6.45, 7) is 6.64. The van der Waals surface area contributed by atoms with Crippen LogP contribution in [-0.2, 0) is 16.1 Å². The van der Waals surface area contributed by atoms with Crippen molar-refractivity contribution >= 4 is 12.1 Å². The van der Waals surface area contributed by atoms with E-state index in [-0.39, 0.29) is 18.2 Å². The van der Waals surface area contributed by atoms with Crippen LogP contribution in [0.2, 0.25) is 0 Å². The average Bonchev–Trinajstić information content (AvgIpc) is 3.32. The number of likely N-dealkylation sites (tertiary alicyclic amines) is 1. The Labute approximate surface area is 222 Å². The molecule has 2 aliphatic rings. The van der Waals surface area contributed by atoms with E-state index in [0.29, 0.717) is 18.2 Å². The SMILES string of the molecule is Cc1nc(Oc2ccc(C(C)C(=O)O)cc2)ccc1CN1CCC(N2C(=O)OCC2c2ccccc2)CC1. The summed E-state index contributed by atoms with van der Waals surface area (Å²) in [6.07, 6.45) is 1.60. The number of hydrogen-bond donors (Lipinski definition) is 1. The fraction of sp³-hybridized carbons (Fsp3) is 0.367. The van der Waals surface area contributed by atoms with Crippen LogP contribution < -0.4 is 4.74 Å². The molecule has 1 N–H and O–H groups in total. The third kappa shape index (κ3) is 5.65. The predicted molar refractivity (Wildman–Crippen MR) is 142 cm³/mol. The van der Waals surface area contributed by atoms with Crippen LogP contribution in [0.15, 0.2) is 66.7 Å². The van der Waals surface area contributed by atoms with Gasteiger partial charge in [0.05, 0.1) is 12.0 Å². The minimum atomic E-state index is -0.856. The summed E-state index contributed by atoms with van der Waals surface area (Å²) in [5.74, 6) is -0.306. The fourth-order valence-corrected chi connectivity index (χ4v) is 5.24. The Morgan fingerprint density at radius 2 is 1.79 bits per heavy atom. The van der Waals surface area contributed by atoms with Gasteiger partial charge in [-0.2, -0.15) is 0 Å². The molecule has 3 aromatic rings. The molecule has 2 aromatic carbocycles. The third-order valence-corrected chi connectivity index (χ3v) is 7.58. The van der Waals surface area contributed by atoms with Crippen LogP contribution in [0, 0.1) is 6.92 Å². The molecule has 2 aliphatic heterocycles. The zero-order valence-electron chi connectivity index (χ0n) is 21.7. The molecule has 38 heavy (non-hydrogen) atoms. The number of rotatable bonds is 8. The number of carboxylic acids is 1. The van der Waals surface area contributed by atoms with Gasteiger partial charge in [-0.25, -0.2) is 9.78 Å². The van der Waals surface area contributed by atoms with Crippen molar-refractivity contribution in [2.45, 2.75) is 51.2 Å². The van der Waals surface area contributed by atoms with Gasteiger partial charge in [0.25, 0.3) is 0 Å². The Hall–Kier alpha value is -3.91. The van der Waals surface area contributed by atoms with E-state index in [4.69, 9.17) is 9.47 Å². The first-order valence-corrected chi connectivity index (χ1v) is 13.1. The molecule has 3 heterocycles. The van der Waals surface area contributed by atoms with E-state index in [0.717, 1.165) is 54.9 Å². The lowest BCUT2D eigenvalue weighted by Crippen LogP contribution is -2.46. The maximum Gasteiger partial charge on any atom is 0.410 e. The number of pyridine rings is 1. The van der Waals surface area contributed by atoms with E-state index in [1.54, 1.807) is 31.2 Å². The number of ether oxygens (including phenoxy) is 2. The van der Waals surface area contributed by atoms with E-state index in [9.17, 15) is 14.7 Å². The first kappa shape index (κ1) is 25.7. The van der Waals surface area contributed by atoms with Crippen molar-refractivity contribution in [1.82, 2.24) is 14.8 Å². The lowest BCUT2D eigenvalue weighted by molar-refractivity contribution is -0.138. The summed E-state index contributed by atoms with van der Waals surface area (Å²) in [5, 5.41) is 9.18. The highest BCUT2D eigenvalue weighted by Crippen LogP contribution is 2.33. The van der Waals surface area contributed by atoms with Crippen LogP contribution in [0.5, 0.6) is 11.6 Å². The fourth-order valence-electron chi connectivity index (χ4n) is 5.24. The number of piperidine rings is 1. The number of amides is 1. The van der Waals surface area contributed by atoms with Crippen LogP contribution in [-0.4, -0.2) is 57.7 Å². The number of carbonyl (C=O) groups is 2. The van der Waals surface area contributed by atoms with Gasteiger partial charge in [0.1, 0.15) is 12.4 Å². The largest absolute Gasteiger partial charge is 0.481 e. The van der Waals surface area contributed by atoms with E-state index >= 15 is 0 Å². The molecule has 0 bridgehead atoms. The zero-order chi connectivity index (χ0) is 26.6. The maximum atomic E-state index is 12.6. The topological polar surface area (TPSA) is 92.2 Å². The first-order valence-electron chi connectivity index (χ1n) is 13.1. The minimum absolute atomic E-state index is 0.0176. The summed E-state index contributed by atoms with van der Waals surface area (Å²) in [5.41, 5.74) is 3.90. The van der Waals surface area contributed by atoms with Gasteiger partial charge < -0.3 is 14.6 Å². The van der Waals surface area contributed by atoms with E-state index in [1.807, 2.05) is 42.2 Å². The Morgan fingerprint density at radius 1 is 1.08 bits per heavy atom. The standard InChI is InChI=1S/C30H33N3O5/c1-20(29(34)35)22-8-11-26(12-9-22)38-28-13-10-24(21(2)31-28)18-32-16-14-25(15-17-32)33-27(19-37-30(33)36)23-6-4-3-5-7-23/h3-13,20,25,27H,14-19H2,1-2H3,(H,34,35). The molecule has 0 aliphatic carbocycles. The number of aliphatic carboxylic acids is 1. The van der Waals surface area contributed by atoms with Crippen molar-refractivity contribution < 1.29 is 24.2 Å². The summed E-state index contributed by atoms with van der Waals surface area (Å²) in [7, 11) is 0. The number of cyclic esters (lactones) is 1. The van der Waals surface area contributed by atoms with E-state index < -0.39 is 11.9 Å². The second kappa shape index (κ2) is 11.2. The molecule has 0 spiro atoms.